The second-order valence-corrected chi connectivity index (χ2v) is 6.77. The van der Waals surface area contributed by atoms with Gasteiger partial charge in [0.25, 0.3) is 0 Å². The highest BCUT2D eigenvalue weighted by atomic mass is 16.5. The molecule has 8 heteroatoms. The maximum Gasteiger partial charge on any atom is 0.358 e. The topological polar surface area (TPSA) is 72.7 Å². The number of benzene rings is 1. The van der Waals surface area contributed by atoms with Gasteiger partial charge in [0, 0.05) is 32.7 Å². The number of piperazine rings is 1. The zero-order valence-electron chi connectivity index (χ0n) is 16.7. The van der Waals surface area contributed by atoms with Crippen molar-refractivity contribution in [2.24, 2.45) is 0 Å². The summed E-state index contributed by atoms with van der Waals surface area (Å²) in [7, 11) is 1.37. The van der Waals surface area contributed by atoms with Crippen LogP contribution in [-0.4, -0.2) is 72.3 Å². The molecule has 0 N–H and O–H groups in total. The summed E-state index contributed by atoms with van der Waals surface area (Å²) in [5, 5.41) is 7.77. The number of hydrogen-bond donors (Lipinski definition) is 0. The van der Waals surface area contributed by atoms with Gasteiger partial charge in [-0.1, -0.05) is 17.3 Å². The molecular formula is C20H29N5O3. The van der Waals surface area contributed by atoms with Gasteiger partial charge in [-0.15, -0.1) is 5.10 Å². The fraction of sp³-hybridized carbons (Fsp3) is 0.550. The molecule has 1 saturated heterocycles. The van der Waals surface area contributed by atoms with Crippen LogP contribution in [0.5, 0.6) is 5.75 Å². The number of esters is 1. The third-order valence-corrected chi connectivity index (χ3v) is 4.98. The van der Waals surface area contributed by atoms with Crippen LogP contribution in [0.15, 0.2) is 30.5 Å². The first-order valence-electron chi connectivity index (χ1n) is 9.89. The summed E-state index contributed by atoms with van der Waals surface area (Å²) in [5.74, 6) is 0.571. The summed E-state index contributed by atoms with van der Waals surface area (Å²) in [6.45, 7) is 8.49. The number of methoxy groups -OCH3 is 1. The van der Waals surface area contributed by atoms with Crippen molar-refractivity contribution in [3.8, 4) is 5.75 Å². The largest absolute Gasteiger partial charge is 0.492 e. The van der Waals surface area contributed by atoms with Crippen molar-refractivity contribution in [2.45, 2.75) is 26.3 Å². The number of rotatable bonds is 9. The van der Waals surface area contributed by atoms with E-state index in [4.69, 9.17) is 9.47 Å². The zero-order chi connectivity index (χ0) is 19.8. The lowest BCUT2D eigenvalue weighted by Gasteiger charge is -2.36. The Kier molecular flexibility index (Phi) is 7.25. The Morgan fingerprint density at radius 2 is 1.86 bits per heavy atom. The molecule has 28 heavy (non-hydrogen) atoms. The van der Waals surface area contributed by atoms with Crippen molar-refractivity contribution >= 4 is 11.7 Å². The molecular weight excluding hydrogens is 358 g/mol. The summed E-state index contributed by atoms with van der Waals surface area (Å²) in [5.41, 5.74) is 1.59. The fourth-order valence-corrected chi connectivity index (χ4v) is 3.49. The van der Waals surface area contributed by atoms with Crippen molar-refractivity contribution in [1.29, 1.82) is 0 Å². The van der Waals surface area contributed by atoms with Crippen LogP contribution >= 0.6 is 0 Å². The molecule has 0 unspecified atom stereocenters. The number of para-hydroxylation sites is 2. The van der Waals surface area contributed by atoms with E-state index >= 15 is 0 Å². The van der Waals surface area contributed by atoms with Gasteiger partial charge in [0.1, 0.15) is 5.75 Å². The van der Waals surface area contributed by atoms with Gasteiger partial charge in [0.05, 0.1) is 25.6 Å². The standard InChI is InChI=1S/C20H29N5O3/c1-3-28-19-9-5-4-8-17(19)24-14-12-23(13-15-24)10-6-7-11-25-18(16-21-22-25)20(26)27-2/h4-5,8-9,16H,3,6-7,10-15H2,1-2H3. The van der Waals surface area contributed by atoms with E-state index in [1.165, 1.54) is 19.0 Å². The van der Waals surface area contributed by atoms with E-state index in [1.807, 2.05) is 19.1 Å². The van der Waals surface area contributed by atoms with Crippen molar-refractivity contribution in [2.75, 3.05) is 51.3 Å². The highest BCUT2D eigenvalue weighted by Gasteiger charge is 2.19. The van der Waals surface area contributed by atoms with E-state index in [1.54, 1.807) is 4.68 Å². The molecule has 2 heterocycles. The molecule has 2 aromatic rings. The van der Waals surface area contributed by atoms with E-state index in [-0.39, 0.29) is 0 Å². The number of unbranched alkanes of at least 4 members (excludes halogenated alkanes) is 1. The Labute approximate surface area is 166 Å². The van der Waals surface area contributed by atoms with Gasteiger partial charge in [0.2, 0.25) is 0 Å². The van der Waals surface area contributed by atoms with Gasteiger partial charge in [-0.05, 0) is 38.4 Å². The molecule has 152 valence electrons. The minimum atomic E-state index is -0.395. The van der Waals surface area contributed by atoms with Gasteiger partial charge in [-0.25, -0.2) is 9.48 Å². The number of aryl methyl sites for hydroxylation is 1. The summed E-state index contributed by atoms with van der Waals surface area (Å²) < 4.78 is 12.1. The quantitative estimate of drug-likeness (QED) is 0.482. The Balaban J connectivity index is 1.41. The van der Waals surface area contributed by atoms with Gasteiger partial charge in [-0.3, -0.25) is 4.90 Å². The van der Waals surface area contributed by atoms with Crippen LogP contribution in [0.25, 0.3) is 0 Å². The van der Waals surface area contributed by atoms with Crippen molar-refractivity contribution in [1.82, 2.24) is 19.9 Å². The summed E-state index contributed by atoms with van der Waals surface area (Å²) in [6, 6.07) is 8.26. The molecule has 8 nitrogen and oxygen atoms in total. The third kappa shape index (κ3) is 5.01. The van der Waals surface area contributed by atoms with Crippen LogP contribution in [0.4, 0.5) is 5.69 Å². The van der Waals surface area contributed by atoms with Crippen LogP contribution in [0.1, 0.15) is 30.3 Å². The predicted molar refractivity (Wildman–Crippen MR) is 107 cm³/mol. The summed E-state index contributed by atoms with van der Waals surface area (Å²) in [4.78, 5) is 16.5. The minimum absolute atomic E-state index is 0.395. The van der Waals surface area contributed by atoms with Gasteiger partial charge in [-0.2, -0.15) is 0 Å². The molecule has 1 aromatic carbocycles. The molecule has 1 aromatic heterocycles. The number of carbonyl (C=O) groups is 1. The van der Waals surface area contributed by atoms with Crippen LogP contribution in [-0.2, 0) is 11.3 Å². The summed E-state index contributed by atoms with van der Waals surface area (Å²) in [6.07, 6.45) is 3.45. The maximum atomic E-state index is 11.6. The van der Waals surface area contributed by atoms with E-state index in [0.29, 0.717) is 18.8 Å². The van der Waals surface area contributed by atoms with Gasteiger partial charge < -0.3 is 14.4 Å². The van der Waals surface area contributed by atoms with Crippen LogP contribution in [0, 0.1) is 0 Å². The lowest BCUT2D eigenvalue weighted by molar-refractivity contribution is 0.0586. The normalized spacial score (nSPS) is 14.9. The second kappa shape index (κ2) is 10.1. The third-order valence-electron chi connectivity index (χ3n) is 4.98. The van der Waals surface area contributed by atoms with Gasteiger partial charge >= 0.3 is 5.97 Å². The molecule has 1 aliphatic rings. The average molecular weight is 387 g/mol. The van der Waals surface area contributed by atoms with Crippen molar-refractivity contribution < 1.29 is 14.3 Å². The predicted octanol–water partition coefficient (Wildman–Crippen LogP) is 2.07. The smallest absolute Gasteiger partial charge is 0.358 e. The van der Waals surface area contributed by atoms with Crippen LogP contribution in [0.2, 0.25) is 0 Å². The monoisotopic (exact) mass is 387 g/mol. The number of carbonyl (C=O) groups excluding carboxylic acids is 1. The first-order chi connectivity index (χ1) is 13.7. The number of nitrogens with zero attached hydrogens (tertiary/aromatic N) is 5. The molecule has 0 spiro atoms. The Bertz CT molecular complexity index is 756. The zero-order valence-corrected chi connectivity index (χ0v) is 16.7. The van der Waals surface area contributed by atoms with Crippen LogP contribution < -0.4 is 9.64 Å². The molecule has 0 bridgehead atoms. The molecule has 1 aliphatic heterocycles. The Hall–Kier alpha value is -2.61. The molecule has 1 fully saturated rings. The number of aromatic nitrogens is 3. The van der Waals surface area contributed by atoms with Crippen molar-refractivity contribution in [3.05, 3.63) is 36.2 Å². The fourth-order valence-electron chi connectivity index (χ4n) is 3.49. The van der Waals surface area contributed by atoms with E-state index in [0.717, 1.165) is 51.3 Å². The summed E-state index contributed by atoms with van der Waals surface area (Å²) >= 11 is 0. The average Bonchev–Trinajstić information content (AvgIpc) is 3.20. The first-order valence-corrected chi connectivity index (χ1v) is 9.89. The second-order valence-electron chi connectivity index (χ2n) is 6.77. The lowest BCUT2D eigenvalue weighted by atomic mass is 10.2. The van der Waals surface area contributed by atoms with Crippen LogP contribution in [0.3, 0.4) is 0 Å². The van der Waals surface area contributed by atoms with E-state index in [9.17, 15) is 4.79 Å². The van der Waals surface area contributed by atoms with Gasteiger partial charge in [0.15, 0.2) is 5.69 Å². The highest BCUT2D eigenvalue weighted by molar-refractivity contribution is 5.86. The SMILES string of the molecule is CCOc1ccccc1N1CCN(CCCCn2nncc2C(=O)OC)CC1. The molecule has 0 atom stereocenters. The Morgan fingerprint density at radius 3 is 2.61 bits per heavy atom. The number of ether oxygens (including phenoxy) is 2. The Morgan fingerprint density at radius 1 is 1.11 bits per heavy atom. The lowest BCUT2D eigenvalue weighted by Crippen LogP contribution is -2.46. The number of hydrogen-bond acceptors (Lipinski definition) is 7. The molecule has 0 saturated carbocycles. The highest BCUT2D eigenvalue weighted by Crippen LogP contribution is 2.28. The van der Waals surface area contributed by atoms with E-state index in [2.05, 4.69) is 32.2 Å². The minimum Gasteiger partial charge on any atom is -0.492 e. The molecule has 0 aliphatic carbocycles. The maximum absolute atomic E-state index is 11.6. The first kappa shape index (κ1) is 20.1. The van der Waals surface area contributed by atoms with E-state index < -0.39 is 5.97 Å². The van der Waals surface area contributed by atoms with Crippen molar-refractivity contribution in [3.63, 3.8) is 0 Å². The molecule has 0 amide bonds. The number of anilines is 1. The molecule has 0 radical (unpaired) electrons. The molecule has 3 rings (SSSR count).